The Bertz CT molecular complexity index is 1130. The maximum atomic E-state index is 12.3. The van der Waals surface area contributed by atoms with E-state index < -0.39 is 30.0 Å². The molecule has 2 rings (SSSR count). The lowest BCUT2D eigenvalue weighted by Crippen LogP contribution is -2.31. The van der Waals surface area contributed by atoms with E-state index in [1.54, 1.807) is 13.0 Å². The summed E-state index contributed by atoms with van der Waals surface area (Å²) < 4.78 is 51.5. The second-order valence-corrected chi connectivity index (χ2v) is 6.69. The summed E-state index contributed by atoms with van der Waals surface area (Å²) in [6.07, 6.45) is -1.41. The fourth-order valence-electron chi connectivity index (χ4n) is 2.30. The number of benzene rings is 1. The number of hydrogen-bond acceptors (Lipinski definition) is 7. The standard InChI is InChI=1S/C22H21F3N4O5/c1-4-14(33-15-7-9-16(10-8-15)34-22(23,24)25)6-5-12(2)21-28-17(20(27)31)11-18(29-21)32-13(3)19(26)30/h4-11,13H,1H2,2-3H3,(H2,26,30)(H2,27,31)/b12-5+,14-6+/t13-/m0/s1. The predicted octanol–water partition coefficient (Wildman–Crippen LogP) is 3.28. The van der Waals surface area contributed by atoms with Crippen LogP contribution in [-0.4, -0.2) is 34.2 Å². The van der Waals surface area contributed by atoms with Gasteiger partial charge in [0, 0.05) is 6.07 Å². The molecule has 34 heavy (non-hydrogen) atoms. The molecule has 12 heteroatoms. The first-order valence-corrected chi connectivity index (χ1v) is 9.58. The van der Waals surface area contributed by atoms with Gasteiger partial charge in [-0.3, -0.25) is 9.59 Å². The Morgan fingerprint density at radius 3 is 2.24 bits per heavy atom. The lowest BCUT2D eigenvalue weighted by atomic mass is 10.2. The Morgan fingerprint density at radius 2 is 1.71 bits per heavy atom. The normalized spacial score (nSPS) is 13.1. The molecule has 4 N–H and O–H groups in total. The molecule has 0 saturated carbocycles. The van der Waals surface area contributed by atoms with Crippen LogP contribution in [0.15, 0.2) is 60.9 Å². The van der Waals surface area contributed by atoms with Gasteiger partial charge in [0.2, 0.25) is 5.88 Å². The summed E-state index contributed by atoms with van der Waals surface area (Å²) in [5.41, 5.74) is 10.8. The highest BCUT2D eigenvalue weighted by Gasteiger charge is 2.31. The van der Waals surface area contributed by atoms with Crippen LogP contribution in [0.4, 0.5) is 13.2 Å². The van der Waals surface area contributed by atoms with E-state index in [4.69, 9.17) is 20.9 Å². The zero-order valence-corrected chi connectivity index (χ0v) is 18.1. The van der Waals surface area contributed by atoms with Gasteiger partial charge in [-0.15, -0.1) is 13.2 Å². The van der Waals surface area contributed by atoms with E-state index in [0.29, 0.717) is 5.57 Å². The number of aromatic nitrogens is 2. The summed E-state index contributed by atoms with van der Waals surface area (Å²) in [5, 5.41) is 0. The molecule has 0 fully saturated rings. The molecule has 2 aromatic rings. The summed E-state index contributed by atoms with van der Waals surface area (Å²) in [6.45, 7) is 6.66. The van der Waals surface area contributed by atoms with Crippen molar-refractivity contribution >= 4 is 17.4 Å². The number of hydrogen-bond donors (Lipinski definition) is 2. The van der Waals surface area contributed by atoms with E-state index >= 15 is 0 Å². The van der Waals surface area contributed by atoms with Gasteiger partial charge in [-0.2, -0.15) is 4.98 Å². The number of carbonyl (C=O) groups is 2. The van der Waals surface area contributed by atoms with Crippen molar-refractivity contribution in [2.45, 2.75) is 26.3 Å². The van der Waals surface area contributed by atoms with E-state index in [2.05, 4.69) is 21.3 Å². The average Bonchev–Trinajstić information content (AvgIpc) is 2.76. The maximum absolute atomic E-state index is 12.3. The van der Waals surface area contributed by atoms with Crippen LogP contribution < -0.4 is 25.7 Å². The van der Waals surface area contributed by atoms with Crippen molar-refractivity contribution in [1.29, 1.82) is 0 Å². The van der Waals surface area contributed by atoms with Gasteiger partial charge in [0.05, 0.1) is 0 Å². The fraction of sp³-hybridized carbons (Fsp3) is 0.182. The first kappa shape index (κ1) is 25.9. The topological polar surface area (TPSA) is 140 Å². The molecule has 0 unspecified atom stereocenters. The van der Waals surface area contributed by atoms with Gasteiger partial charge in [0.15, 0.2) is 11.9 Å². The first-order valence-electron chi connectivity index (χ1n) is 9.58. The van der Waals surface area contributed by atoms with Crippen LogP contribution in [0.1, 0.15) is 30.2 Å². The molecule has 0 radical (unpaired) electrons. The number of alkyl halides is 3. The van der Waals surface area contributed by atoms with E-state index in [1.807, 2.05) is 0 Å². The average molecular weight is 478 g/mol. The molecule has 1 aromatic carbocycles. The lowest BCUT2D eigenvalue weighted by molar-refractivity contribution is -0.274. The maximum Gasteiger partial charge on any atom is 0.573 e. The van der Waals surface area contributed by atoms with Gasteiger partial charge in [-0.1, -0.05) is 12.7 Å². The van der Waals surface area contributed by atoms with E-state index in [9.17, 15) is 22.8 Å². The van der Waals surface area contributed by atoms with Crippen molar-refractivity contribution in [2.75, 3.05) is 0 Å². The molecule has 1 atom stereocenters. The Labute approximate surface area is 192 Å². The number of primary amides is 2. The molecule has 1 heterocycles. The Kier molecular flexibility index (Phi) is 8.37. The van der Waals surface area contributed by atoms with Crippen LogP contribution in [0.5, 0.6) is 17.4 Å². The number of amides is 2. The molecule has 9 nitrogen and oxygen atoms in total. The van der Waals surface area contributed by atoms with Crippen molar-refractivity contribution in [1.82, 2.24) is 9.97 Å². The molecule has 180 valence electrons. The zero-order valence-electron chi connectivity index (χ0n) is 18.1. The highest BCUT2D eigenvalue weighted by atomic mass is 19.4. The Morgan fingerprint density at radius 1 is 1.09 bits per heavy atom. The second kappa shape index (κ2) is 11.0. The minimum atomic E-state index is -4.80. The Hall–Kier alpha value is -4.35. The van der Waals surface area contributed by atoms with Crippen molar-refractivity contribution in [2.24, 2.45) is 11.5 Å². The van der Waals surface area contributed by atoms with E-state index in [-0.39, 0.29) is 28.9 Å². The third-order valence-electron chi connectivity index (χ3n) is 4.00. The van der Waals surface area contributed by atoms with Crippen molar-refractivity contribution in [3.05, 3.63) is 72.4 Å². The molecular formula is C22H21F3N4O5. The highest BCUT2D eigenvalue weighted by molar-refractivity contribution is 5.91. The molecular weight excluding hydrogens is 457 g/mol. The van der Waals surface area contributed by atoms with Gasteiger partial charge in [0.1, 0.15) is 23.0 Å². The molecule has 0 bridgehead atoms. The molecule has 0 saturated heterocycles. The zero-order chi connectivity index (χ0) is 25.5. The third kappa shape index (κ3) is 7.97. The summed E-state index contributed by atoms with van der Waals surface area (Å²) in [5.74, 6) is -1.49. The summed E-state index contributed by atoms with van der Waals surface area (Å²) in [7, 11) is 0. The highest BCUT2D eigenvalue weighted by Crippen LogP contribution is 2.25. The first-order chi connectivity index (χ1) is 15.9. The predicted molar refractivity (Wildman–Crippen MR) is 116 cm³/mol. The summed E-state index contributed by atoms with van der Waals surface area (Å²) >= 11 is 0. The molecule has 0 spiro atoms. The fourth-order valence-corrected chi connectivity index (χ4v) is 2.30. The van der Waals surface area contributed by atoms with Gasteiger partial charge < -0.3 is 25.7 Å². The number of ether oxygens (including phenoxy) is 3. The summed E-state index contributed by atoms with van der Waals surface area (Å²) in [4.78, 5) is 31.1. The monoisotopic (exact) mass is 478 g/mol. The largest absolute Gasteiger partial charge is 0.573 e. The molecule has 0 aliphatic carbocycles. The third-order valence-corrected chi connectivity index (χ3v) is 4.00. The van der Waals surface area contributed by atoms with E-state index in [1.165, 1.54) is 37.3 Å². The molecule has 0 aliphatic rings. The van der Waals surface area contributed by atoms with Crippen LogP contribution in [0, 0.1) is 0 Å². The number of rotatable bonds is 10. The molecule has 0 aliphatic heterocycles. The number of halogens is 3. The minimum Gasteiger partial charge on any atom is -0.464 e. The van der Waals surface area contributed by atoms with Crippen LogP contribution >= 0.6 is 0 Å². The quantitative estimate of drug-likeness (QED) is 0.395. The second-order valence-electron chi connectivity index (χ2n) is 6.69. The van der Waals surface area contributed by atoms with Crippen molar-refractivity contribution in [3.8, 4) is 17.4 Å². The van der Waals surface area contributed by atoms with Crippen molar-refractivity contribution < 1.29 is 37.0 Å². The van der Waals surface area contributed by atoms with E-state index in [0.717, 1.165) is 12.1 Å². The Balaban J connectivity index is 2.25. The number of carbonyl (C=O) groups excluding carboxylic acids is 2. The van der Waals surface area contributed by atoms with Gasteiger partial charge in [-0.05, 0) is 55.8 Å². The number of nitrogens with zero attached hydrogens (tertiary/aromatic N) is 2. The minimum absolute atomic E-state index is 0.0799. The van der Waals surface area contributed by atoms with Crippen LogP contribution in [0.2, 0.25) is 0 Å². The van der Waals surface area contributed by atoms with Crippen molar-refractivity contribution in [3.63, 3.8) is 0 Å². The SMILES string of the molecule is C=C/C(=C\C=C(/C)c1nc(O[C@@H](C)C(N)=O)cc(C(N)=O)n1)Oc1ccc(OC(F)(F)F)cc1. The number of nitrogens with two attached hydrogens (primary N) is 2. The van der Waals surface area contributed by atoms with Gasteiger partial charge >= 0.3 is 6.36 Å². The van der Waals surface area contributed by atoms with Crippen LogP contribution in [0.25, 0.3) is 5.57 Å². The van der Waals surface area contributed by atoms with Gasteiger partial charge in [0.25, 0.3) is 11.8 Å². The smallest absolute Gasteiger partial charge is 0.464 e. The van der Waals surface area contributed by atoms with Crippen LogP contribution in [0.3, 0.4) is 0 Å². The number of allylic oxidation sites excluding steroid dienone is 4. The summed E-state index contributed by atoms with van der Waals surface area (Å²) in [6, 6.07) is 5.96. The van der Waals surface area contributed by atoms with Gasteiger partial charge in [-0.25, -0.2) is 4.98 Å². The lowest BCUT2D eigenvalue weighted by Gasteiger charge is -2.12. The molecule has 1 aromatic heterocycles. The van der Waals surface area contributed by atoms with Crippen LogP contribution in [-0.2, 0) is 4.79 Å². The molecule has 2 amide bonds.